The van der Waals surface area contributed by atoms with E-state index in [1.165, 1.54) is 17.4 Å². The van der Waals surface area contributed by atoms with Crippen molar-refractivity contribution >= 4 is 33.4 Å². The summed E-state index contributed by atoms with van der Waals surface area (Å²) in [5.74, 6) is 1.19. The van der Waals surface area contributed by atoms with Crippen LogP contribution in [0.1, 0.15) is 16.1 Å². The largest absolute Gasteiger partial charge is 0.465 e. The highest BCUT2D eigenvalue weighted by Gasteiger charge is 2.07. The fourth-order valence-corrected chi connectivity index (χ4v) is 3.16. The van der Waals surface area contributed by atoms with Crippen LogP contribution < -0.4 is 4.74 Å². The van der Waals surface area contributed by atoms with E-state index in [1.807, 2.05) is 24.3 Å². The zero-order valence-electron chi connectivity index (χ0n) is 13.1. The lowest BCUT2D eigenvalue weighted by Gasteiger charge is -2.02. The van der Waals surface area contributed by atoms with Crippen LogP contribution in [0.15, 0.2) is 77.4 Å². The van der Waals surface area contributed by atoms with Crippen LogP contribution in [0.25, 0.3) is 16.3 Å². The fraction of sp³-hybridized carbons (Fsp3) is 0. The second-order valence-electron chi connectivity index (χ2n) is 5.29. The minimum absolute atomic E-state index is 0.0945. The van der Waals surface area contributed by atoms with Gasteiger partial charge >= 0.3 is 0 Å². The number of thiazole rings is 1. The van der Waals surface area contributed by atoms with Crippen molar-refractivity contribution in [2.45, 2.75) is 0 Å². The third-order valence-electron chi connectivity index (χ3n) is 3.56. The van der Waals surface area contributed by atoms with E-state index < -0.39 is 0 Å². The third kappa shape index (κ3) is 3.51. The highest BCUT2D eigenvalue weighted by molar-refractivity contribution is 7.20. The molecular formula is C20H13NO3S. The number of carbonyl (C=O) groups is 1. The van der Waals surface area contributed by atoms with Crippen molar-refractivity contribution in [1.29, 1.82) is 0 Å². The van der Waals surface area contributed by atoms with E-state index in [0.717, 1.165) is 10.2 Å². The number of hydrogen-bond acceptors (Lipinski definition) is 5. The van der Waals surface area contributed by atoms with Gasteiger partial charge in [0.25, 0.3) is 5.19 Å². The zero-order valence-corrected chi connectivity index (χ0v) is 13.9. The van der Waals surface area contributed by atoms with Crippen molar-refractivity contribution in [3.63, 3.8) is 0 Å². The van der Waals surface area contributed by atoms with E-state index in [2.05, 4.69) is 4.98 Å². The van der Waals surface area contributed by atoms with Crippen LogP contribution >= 0.6 is 11.3 Å². The number of allylic oxidation sites excluding steroid dienone is 1. The van der Waals surface area contributed by atoms with Crippen molar-refractivity contribution in [1.82, 2.24) is 4.98 Å². The summed E-state index contributed by atoms with van der Waals surface area (Å²) < 4.78 is 12.0. The molecule has 0 aliphatic heterocycles. The topological polar surface area (TPSA) is 52.3 Å². The molecule has 0 unspecified atom stereocenters. The van der Waals surface area contributed by atoms with Gasteiger partial charge in [0.2, 0.25) is 0 Å². The number of aromatic nitrogens is 1. The van der Waals surface area contributed by atoms with Crippen molar-refractivity contribution in [3.05, 3.63) is 84.3 Å². The SMILES string of the molecule is O=C(/C=C/c1ccco1)c1ccc(Oc2nc3ccccc3s2)cc1. The Balaban J connectivity index is 1.47. The first-order valence-corrected chi connectivity index (χ1v) is 8.49. The molecule has 0 spiro atoms. The van der Waals surface area contributed by atoms with Crippen molar-refractivity contribution in [2.75, 3.05) is 0 Å². The maximum atomic E-state index is 12.1. The molecule has 0 bridgehead atoms. The van der Waals surface area contributed by atoms with Crippen LogP contribution in [0.3, 0.4) is 0 Å². The lowest BCUT2D eigenvalue weighted by molar-refractivity contribution is 0.104. The molecule has 0 atom stereocenters. The van der Waals surface area contributed by atoms with Gasteiger partial charge < -0.3 is 9.15 Å². The monoisotopic (exact) mass is 347 g/mol. The molecule has 4 nitrogen and oxygen atoms in total. The molecule has 2 heterocycles. The minimum Gasteiger partial charge on any atom is -0.465 e. The fourth-order valence-electron chi connectivity index (χ4n) is 2.32. The van der Waals surface area contributed by atoms with Crippen LogP contribution in [0.4, 0.5) is 0 Å². The van der Waals surface area contributed by atoms with E-state index >= 15 is 0 Å². The Labute approximate surface area is 148 Å². The minimum atomic E-state index is -0.0945. The first kappa shape index (κ1) is 15.4. The average molecular weight is 347 g/mol. The van der Waals surface area contributed by atoms with E-state index in [9.17, 15) is 4.79 Å². The lowest BCUT2D eigenvalue weighted by atomic mass is 10.1. The van der Waals surface area contributed by atoms with Crippen molar-refractivity contribution < 1.29 is 13.9 Å². The van der Waals surface area contributed by atoms with Gasteiger partial charge in [-0.25, -0.2) is 4.98 Å². The molecule has 2 aromatic heterocycles. The van der Waals surface area contributed by atoms with Crippen LogP contribution in [-0.2, 0) is 0 Å². The summed E-state index contributed by atoms with van der Waals surface area (Å²) in [6, 6.07) is 18.4. The molecule has 0 saturated carbocycles. The number of benzene rings is 2. The van der Waals surface area contributed by atoms with Crippen molar-refractivity contribution in [3.8, 4) is 10.9 Å². The van der Waals surface area contributed by atoms with Gasteiger partial charge in [-0.05, 0) is 60.7 Å². The molecule has 0 saturated heterocycles. The molecule has 0 fully saturated rings. The Morgan fingerprint density at radius 3 is 2.64 bits per heavy atom. The number of para-hydroxylation sites is 1. The van der Waals surface area contributed by atoms with Gasteiger partial charge in [0.05, 0.1) is 16.5 Å². The van der Waals surface area contributed by atoms with Gasteiger partial charge in [-0.2, -0.15) is 0 Å². The molecule has 4 rings (SSSR count). The smallest absolute Gasteiger partial charge is 0.279 e. The second kappa shape index (κ2) is 6.75. The predicted octanol–water partition coefficient (Wildman–Crippen LogP) is 5.58. The summed E-state index contributed by atoms with van der Waals surface area (Å²) in [5, 5.41) is 0.581. The van der Waals surface area contributed by atoms with Gasteiger partial charge in [0.1, 0.15) is 11.5 Å². The van der Waals surface area contributed by atoms with E-state index in [0.29, 0.717) is 22.3 Å². The summed E-state index contributed by atoms with van der Waals surface area (Å²) >= 11 is 1.49. The molecule has 0 aliphatic carbocycles. The number of carbonyl (C=O) groups excluding carboxylic acids is 1. The Morgan fingerprint density at radius 2 is 1.88 bits per heavy atom. The Bertz CT molecular complexity index is 997. The van der Waals surface area contributed by atoms with E-state index in [-0.39, 0.29) is 5.78 Å². The van der Waals surface area contributed by atoms with Crippen LogP contribution in [0, 0.1) is 0 Å². The van der Waals surface area contributed by atoms with Gasteiger partial charge in [0, 0.05) is 5.56 Å². The van der Waals surface area contributed by atoms with Crippen molar-refractivity contribution in [2.24, 2.45) is 0 Å². The molecule has 0 radical (unpaired) electrons. The number of ether oxygens (including phenoxy) is 1. The number of furan rings is 1. The molecule has 4 aromatic rings. The first-order valence-electron chi connectivity index (χ1n) is 7.67. The summed E-state index contributed by atoms with van der Waals surface area (Å²) in [4.78, 5) is 16.6. The second-order valence-corrected chi connectivity index (χ2v) is 6.28. The van der Waals surface area contributed by atoms with Gasteiger partial charge in [-0.15, -0.1) is 0 Å². The Hall–Kier alpha value is -3.18. The van der Waals surface area contributed by atoms with E-state index in [4.69, 9.17) is 9.15 Å². The Morgan fingerprint density at radius 1 is 1.04 bits per heavy atom. The van der Waals surface area contributed by atoms with Crippen LogP contribution in [0.2, 0.25) is 0 Å². The first-order chi connectivity index (χ1) is 12.3. The van der Waals surface area contributed by atoms with E-state index in [1.54, 1.807) is 48.7 Å². The molecule has 0 aliphatic rings. The van der Waals surface area contributed by atoms with Gasteiger partial charge in [-0.1, -0.05) is 23.5 Å². The normalized spacial score (nSPS) is 11.2. The molecule has 0 amide bonds. The predicted molar refractivity (Wildman–Crippen MR) is 98.2 cm³/mol. The number of rotatable bonds is 5. The highest BCUT2D eigenvalue weighted by atomic mass is 32.1. The molecule has 25 heavy (non-hydrogen) atoms. The maximum Gasteiger partial charge on any atom is 0.279 e. The van der Waals surface area contributed by atoms with Crippen LogP contribution in [-0.4, -0.2) is 10.8 Å². The number of fused-ring (bicyclic) bond motifs is 1. The van der Waals surface area contributed by atoms with Gasteiger partial charge in [0.15, 0.2) is 5.78 Å². The molecular weight excluding hydrogens is 334 g/mol. The quantitative estimate of drug-likeness (QED) is 0.349. The van der Waals surface area contributed by atoms with Gasteiger partial charge in [-0.3, -0.25) is 4.79 Å². The zero-order chi connectivity index (χ0) is 17.1. The molecule has 5 heteroatoms. The molecule has 0 N–H and O–H groups in total. The number of ketones is 1. The summed E-state index contributed by atoms with van der Waals surface area (Å²) in [6.07, 6.45) is 4.70. The van der Waals surface area contributed by atoms with Crippen LogP contribution in [0.5, 0.6) is 10.9 Å². The lowest BCUT2D eigenvalue weighted by Crippen LogP contribution is -1.93. The molecule has 2 aromatic carbocycles. The highest BCUT2D eigenvalue weighted by Crippen LogP contribution is 2.31. The summed E-state index contributed by atoms with van der Waals surface area (Å²) in [6.45, 7) is 0. The number of hydrogen-bond donors (Lipinski definition) is 0. The standard InChI is InChI=1S/C20H13NO3S/c22-18(12-11-15-4-3-13-23-15)14-7-9-16(10-8-14)24-20-21-17-5-1-2-6-19(17)25-20/h1-13H/b12-11+. The maximum absolute atomic E-state index is 12.1. The Kier molecular flexibility index (Phi) is 4.14. The summed E-state index contributed by atoms with van der Waals surface area (Å²) in [7, 11) is 0. The average Bonchev–Trinajstić information content (AvgIpc) is 3.29. The summed E-state index contributed by atoms with van der Waals surface area (Å²) in [5.41, 5.74) is 1.50. The number of nitrogens with zero attached hydrogens (tertiary/aromatic N) is 1. The molecule has 122 valence electrons. The third-order valence-corrected chi connectivity index (χ3v) is 4.47.